The Kier molecular flexibility index (Phi) is 4.10. The van der Waals surface area contributed by atoms with E-state index in [1.54, 1.807) is 42.5 Å². The summed E-state index contributed by atoms with van der Waals surface area (Å²) in [5.74, 6) is 0.180. The van der Waals surface area contributed by atoms with Crippen molar-refractivity contribution >= 4 is 68.9 Å². The molecule has 0 unspecified atom stereocenters. The van der Waals surface area contributed by atoms with Crippen LogP contribution in [0.5, 0.6) is 0 Å². The summed E-state index contributed by atoms with van der Waals surface area (Å²) in [6.07, 6.45) is 1.57. The molecule has 0 N–H and O–H groups in total. The number of carbonyl (C=O) groups is 2. The predicted octanol–water partition coefficient (Wildman–Crippen LogP) is 4.78. The maximum Gasteiger partial charge on any atom is 0.298 e. The van der Waals surface area contributed by atoms with Crippen LogP contribution in [-0.4, -0.2) is 11.1 Å². The SMILES string of the molecule is O=C1S/C(=C\c2ccc(I)o2)C(=O)N1c1ccc(Cl)cc1. The molecule has 0 bridgehead atoms. The fraction of sp³-hybridized carbons (Fsp3) is 0. The maximum absolute atomic E-state index is 12.4. The first kappa shape index (κ1) is 14.7. The zero-order valence-electron chi connectivity index (χ0n) is 10.4. The number of imide groups is 1. The van der Waals surface area contributed by atoms with Crippen LogP contribution in [0.3, 0.4) is 0 Å². The van der Waals surface area contributed by atoms with Gasteiger partial charge < -0.3 is 4.42 Å². The minimum Gasteiger partial charge on any atom is -0.451 e. The first-order valence-electron chi connectivity index (χ1n) is 5.83. The second-order valence-corrected chi connectivity index (χ2v) is 6.63. The highest BCUT2D eigenvalue weighted by molar-refractivity contribution is 14.1. The molecule has 0 saturated carbocycles. The predicted molar refractivity (Wildman–Crippen MR) is 91.3 cm³/mol. The molecule has 2 heterocycles. The van der Waals surface area contributed by atoms with Crippen molar-refractivity contribution in [3.05, 3.63) is 55.9 Å². The summed E-state index contributed by atoms with van der Waals surface area (Å²) in [6.45, 7) is 0. The molecule has 2 aromatic rings. The van der Waals surface area contributed by atoms with Crippen molar-refractivity contribution in [3.63, 3.8) is 0 Å². The van der Waals surface area contributed by atoms with Gasteiger partial charge in [0.25, 0.3) is 11.1 Å². The van der Waals surface area contributed by atoms with E-state index in [1.165, 1.54) is 0 Å². The summed E-state index contributed by atoms with van der Waals surface area (Å²) in [5.41, 5.74) is 0.499. The molecule has 4 nitrogen and oxygen atoms in total. The minimum atomic E-state index is -0.362. The normalized spacial score (nSPS) is 17.0. The Labute approximate surface area is 143 Å². The number of amides is 2. The molecule has 1 aromatic heterocycles. The third-order valence-electron chi connectivity index (χ3n) is 2.75. The van der Waals surface area contributed by atoms with Gasteiger partial charge in [0.2, 0.25) is 0 Å². The number of nitrogens with zero attached hydrogens (tertiary/aromatic N) is 1. The molecule has 21 heavy (non-hydrogen) atoms. The topological polar surface area (TPSA) is 50.5 Å². The molecule has 0 atom stereocenters. The molecule has 1 saturated heterocycles. The lowest BCUT2D eigenvalue weighted by molar-refractivity contribution is -0.113. The second-order valence-electron chi connectivity index (χ2n) is 4.14. The third-order valence-corrected chi connectivity index (χ3v) is 4.45. The van der Waals surface area contributed by atoms with Crippen molar-refractivity contribution in [2.45, 2.75) is 0 Å². The number of benzene rings is 1. The zero-order valence-corrected chi connectivity index (χ0v) is 14.1. The monoisotopic (exact) mass is 431 g/mol. The molecular formula is C14H7ClINO3S. The molecule has 1 fully saturated rings. The molecule has 2 amide bonds. The van der Waals surface area contributed by atoms with E-state index in [1.807, 2.05) is 22.6 Å². The lowest BCUT2D eigenvalue weighted by atomic mass is 10.3. The Morgan fingerprint density at radius 3 is 2.48 bits per heavy atom. The molecule has 0 radical (unpaired) electrons. The molecule has 1 aliphatic heterocycles. The maximum atomic E-state index is 12.4. The average molecular weight is 432 g/mol. The highest BCUT2D eigenvalue weighted by atomic mass is 127. The van der Waals surface area contributed by atoms with Crippen molar-refractivity contribution in [2.75, 3.05) is 4.90 Å². The molecule has 3 rings (SSSR count). The number of hydrogen-bond donors (Lipinski definition) is 0. The largest absolute Gasteiger partial charge is 0.451 e. The number of rotatable bonds is 2. The fourth-order valence-corrected chi connectivity index (χ4v) is 3.20. The van der Waals surface area contributed by atoms with Crippen LogP contribution in [0, 0.1) is 3.77 Å². The first-order chi connectivity index (χ1) is 10.0. The van der Waals surface area contributed by atoms with Crippen molar-refractivity contribution < 1.29 is 14.0 Å². The van der Waals surface area contributed by atoms with Gasteiger partial charge in [-0.25, -0.2) is 4.90 Å². The van der Waals surface area contributed by atoms with Crippen molar-refractivity contribution in [1.29, 1.82) is 0 Å². The Hall–Kier alpha value is -1.25. The number of furan rings is 1. The second kappa shape index (κ2) is 5.86. The smallest absolute Gasteiger partial charge is 0.298 e. The Morgan fingerprint density at radius 2 is 1.86 bits per heavy atom. The fourth-order valence-electron chi connectivity index (χ4n) is 1.82. The summed E-state index contributed by atoms with van der Waals surface area (Å²) in [7, 11) is 0. The minimum absolute atomic E-state index is 0.334. The van der Waals surface area contributed by atoms with Crippen molar-refractivity contribution in [3.8, 4) is 0 Å². The highest BCUT2D eigenvalue weighted by Gasteiger charge is 2.36. The number of thioether (sulfide) groups is 1. The van der Waals surface area contributed by atoms with Crippen LogP contribution in [0.25, 0.3) is 6.08 Å². The quantitative estimate of drug-likeness (QED) is 0.507. The summed E-state index contributed by atoms with van der Waals surface area (Å²) in [6, 6.07) is 10.1. The van der Waals surface area contributed by atoms with E-state index < -0.39 is 0 Å². The van der Waals surface area contributed by atoms with Gasteiger partial charge in [-0.05, 0) is 70.8 Å². The average Bonchev–Trinajstić information content (AvgIpc) is 2.96. The van der Waals surface area contributed by atoms with E-state index in [-0.39, 0.29) is 11.1 Å². The third kappa shape index (κ3) is 3.02. The van der Waals surface area contributed by atoms with Crippen LogP contribution in [-0.2, 0) is 4.79 Å². The van der Waals surface area contributed by atoms with Gasteiger partial charge in [-0.1, -0.05) is 11.6 Å². The molecule has 1 aromatic carbocycles. The molecule has 7 heteroatoms. The van der Waals surface area contributed by atoms with Crippen LogP contribution < -0.4 is 4.90 Å². The van der Waals surface area contributed by atoms with Crippen LogP contribution in [0.2, 0.25) is 5.02 Å². The molecule has 0 spiro atoms. The molecule has 106 valence electrons. The lowest BCUT2D eigenvalue weighted by Crippen LogP contribution is -2.27. The van der Waals surface area contributed by atoms with Gasteiger partial charge in [-0.2, -0.15) is 0 Å². The van der Waals surface area contributed by atoms with Gasteiger partial charge >= 0.3 is 0 Å². The Morgan fingerprint density at radius 1 is 1.14 bits per heavy atom. The van der Waals surface area contributed by atoms with E-state index in [9.17, 15) is 9.59 Å². The van der Waals surface area contributed by atoms with Crippen LogP contribution >= 0.6 is 46.0 Å². The van der Waals surface area contributed by atoms with Gasteiger partial charge in [0, 0.05) is 11.1 Å². The zero-order chi connectivity index (χ0) is 15.0. The number of anilines is 1. The van der Waals surface area contributed by atoms with Gasteiger partial charge in [0.05, 0.1) is 10.6 Å². The molecule has 1 aliphatic rings. The molecular weight excluding hydrogens is 425 g/mol. The van der Waals surface area contributed by atoms with E-state index in [2.05, 4.69) is 0 Å². The van der Waals surface area contributed by atoms with E-state index in [4.69, 9.17) is 16.0 Å². The van der Waals surface area contributed by atoms with E-state index in [0.29, 0.717) is 21.4 Å². The van der Waals surface area contributed by atoms with E-state index >= 15 is 0 Å². The summed E-state index contributed by atoms with van der Waals surface area (Å²) in [5, 5.41) is 0.209. The van der Waals surface area contributed by atoms with Crippen LogP contribution in [0.4, 0.5) is 10.5 Å². The molecule has 0 aliphatic carbocycles. The van der Waals surface area contributed by atoms with Crippen molar-refractivity contribution in [2.24, 2.45) is 0 Å². The van der Waals surface area contributed by atoms with Crippen LogP contribution in [0.1, 0.15) is 5.76 Å². The summed E-state index contributed by atoms with van der Waals surface area (Å²) >= 11 is 8.73. The van der Waals surface area contributed by atoms with Gasteiger partial charge in [-0.15, -0.1) is 0 Å². The summed E-state index contributed by atoms with van der Waals surface area (Å²) in [4.78, 5) is 25.8. The summed E-state index contributed by atoms with van der Waals surface area (Å²) < 4.78 is 6.10. The van der Waals surface area contributed by atoms with Gasteiger partial charge in [0.1, 0.15) is 5.76 Å². The highest BCUT2D eigenvalue weighted by Crippen LogP contribution is 2.36. The number of hydrogen-bond acceptors (Lipinski definition) is 4. The lowest BCUT2D eigenvalue weighted by Gasteiger charge is -2.11. The van der Waals surface area contributed by atoms with Gasteiger partial charge in [0.15, 0.2) is 3.77 Å². The first-order valence-corrected chi connectivity index (χ1v) is 8.11. The number of carbonyl (C=O) groups excluding carboxylic acids is 2. The van der Waals surface area contributed by atoms with Gasteiger partial charge in [-0.3, -0.25) is 9.59 Å². The Bertz CT molecular complexity index is 754. The van der Waals surface area contributed by atoms with Crippen molar-refractivity contribution in [1.82, 2.24) is 0 Å². The standard InChI is InChI=1S/C14H7ClINO3S/c15-8-1-3-9(4-2-8)17-13(18)11(21-14(17)19)7-10-5-6-12(16)20-10/h1-7H/b11-7-. The van der Waals surface area contributed by atoms with Crippen LogP contribution in [0.15, 0.2) is 45.7 Å². The van der Waals surface area contributed by atoms with E-state index in [0.717, 1.165) is 20.4 Å². The number of halogens is 2. The Balaban J connectivity index is 1.92.